The van der Waals surface area contributed by atoms with Crippen molar-refractivity contribution in [2.24, 2.45) is 0 Å². The van der Waals surface area contributed by atoms with Crippen LogP contribution in [0.2, 0.25) is 10.0 Å². The Labute approximate surface area is 136 Å². The van der Waals surface area contributed by atoms with E-state index in [2.05, 4.69) is 0 Å². The largest absolute Gasteiger partial charge is 0.367 e. The molecule has 2 nitrogen and oxygen atoms in total. The molecule has 21 heavy (non-hydrogen) atoms. The molecule has 0 bridgehead atoms. The predicted molar refractivity (Wildman–Crippen MR) is 87.2 cm³/mol. The van der Waals surface area contributed by atoms with Crippen LogP contribution in [-0.4, -0.2) is 18.0 Å². The molecule has 0 spiro atoms. The molecule has 1 aromatic rings. The SMILES string of the molecule is CCOC1(C(=O)Cc2ccc(Cl)c(Cl)c2)CCCCCC1. The topological polar surface area (TPSA) is 26.3 Å². The van der Waals surface area contributed by atoms with Crippen molar-refractivity contribution in [3.05, 3.63) is 33.8 Å². The number of benzene rings is 1. The summed E-state index contributed by atoms with van der Waals surface area (Å²) in [7, 11) is 0. The van der Waals surface area contributed by atoms with Crippen molar-refractivity contribution < 1.29 is 9.53 Å². The molecule has 0 heterocycles. The Morgan fingerprint density at radius 3 is 2.38 bits per heavy atom. The zero-order valence-electron chi connectivity index (χ0n) is 12.5. The van der Waals surface area contributed by atoms with Crippen LogP contribution in [0, 0.1) is 0 Å². The van der Waals surface area contributed by atoms with Crippen molar-refractivity contribution in [3.63, 3.8) is 0 Å². The molecule has 4 heteroatoms. The summed E-state index contributed by atoms with van der Waals surface area (Å²) < 4.78 is 5.93. The molecular formula is C17H22Cl2O2. The van der Waals surface area contributed by atoms with Gasteiger partial charge in [-0.3, -0.25) is 4.79 Å². The van der Waals surface area contributed by atoms with Gasteiger partial charge in [-0.2, -0.15) is 0 Å². The van der Waals surface area contributed by atoms with Crippen LogP contribution in [0.1, 0.15) is 51.0 Å². The monoisotopic (exact) mass is 328 g/mol. The standard InChI is InChI=1S/C17H22Cl2O2/c1-2-21-17(9-5-3-4-6-10-17)16(20)12-13-7-8-14(18)15(19)11-13/h7-8,11H,2-6,9-10,12H2,1H3. The number of Topliss-reactive ketones (excluding diaryl/α,β-unsaturated/α-hetero) is 1. The Bertz CT molecular complexity index is 492. The van der Waals surface area contributed by atoms with E-state index in [1.165, 1.54) is 12.8 Å². The van der Waals surface area contributed by atoms with E-state index in [4.69, 9.17) is 27.9 Å². The molecule has 0 aliphatic heterocycles. The Kier molecular flexibility index (Phi) is 6.09. The van der Waals surface area contributed by atoms with Crippen LogP contribution < -0.4 is 0 Å². The second-order valence-corrected chi connectivity index (χ2v) is 6.50. The number of carbonyl (C=O) groups excluding carboxylic acids is 1. The molecule has 0 unspecified atom stereocenters. The summed E-state index contributed by atoms with van der Waals surface area (Å²) in [4.78, 5) is 12.8. The molecule has 2 rings (SSSR count). The van der Waals surface area contributed by atoms with Crippen LogP contribution in [-0.2, 0) is 16.0 Å². The van der Waals surface area contributed by atoms with Gasteiger partial charge < -0.3 is 4.74 Å². The summed E-state index contributed by atoms with van der Waals surface area (Å²) in [6, 6.07) is 5.38. The number of carbonyl (C=O) groups is 1. The predicted octanol–water partition coefficient (Wildman–Crippen LogP) is 5.23. The zero-order valence-corrected chi connectivity index (χ0v) is 14.0. The third-order valence-electron chi connectivity index (χ3n) is 4.19. The minimum atomic E-state index is -0.600. The molecule has 1 aliphatic rings. The van der Waals surface area contributed by atoms with E-state index in [-0.39, 0.29) is 5.78 Å². The highest BCUT2D eigenvalue weighted by Crippen LogP contribution is 2.33. The second kappa shape index (κ2) is 7.62. The van der Waals surface area contributed by atoms with Crippen molar-refractivity contribution in [2.75, 3.05) is 6.61 Å². The smallest absolute Gasteiger partial charge is 0.168 e. The van der Waals surface area contributed by atoms with E-state index < -0.39 is 5.60 Å². The van der Waals surface area contributed by atoms with Gasteiger partial charge in [0.1, 0.15) is 5.60 Å². The molecule has 1 aliphatic carbocycles. The fourth-order valence-electron chi connectivity index (χ4n) is 3.08. The van der Waals surface area contributed by atoms with Crippen molar-refractivity contribution in [3.8, 4) is 0 Å². The van der Waals surface area contributed by atoms with Gasteiger partial charge in [-0.05, 0) is 37.5 Å². The van der Waals surface area contributed by atoms with Crippen LogP contribution in [0.3, 0.4) is 0 Å². The number of hydrogen-bond acceptors (Lipinski definition) is 2. The Hall–Kier alpha value is -0.570. The third kappa shape index (κ3) is 4.21. The van der Waals surface area contributed by atoms with Crippen LogP contribution in [0.5, 0.6) is 0 Å². The first kappa shape index (κ1) is 16.8. The molecule has 0 aromatic heterocycles. The number of ketones is 1. The third-order valence-corrected chi connectivity index (χ3v) is 4.93. The molecule has 0 radical (unpaired) electrons. The fraction of sp³-hybridized carbons (Fsp3) is 0.588. The van der Waals surface area contributed by atoms with Crippen molar-refractivity contribution in [1.29, 1.82) is 0 Å². The van der Waals surface area contributed by atoms with Gasteiger partial charge in [-0.25, -0.2) is 0 Å². The highest BCUT2D eigenvalue weighted by Gasteiger charge is 2.38. The number of ether oxygens (including phenoxy) is 1. The first-order valence-corrected chi connectivity index (χ1v) is 8.44. The molecule has 1 aromatic carbocycles. The molecule has 0 N–H and O–H groups in total. The van der Waals surface area contributed by atoms with E-state index in [9.17, 15) is 4.79 Å². The average Bonchev–Trinajstić information content (AvgIpc) is 2.70. The maximum Gasteiger partial charge on any atom is 0.168 e. The van der Waals surface area contributed by atoms with Gasteiger partial charge in [0.15, 0.2) is 5.78 Å². The maximum atomic E-state index is 12.8. The summed E-state index contributed by atoms with van der Waals surface area (Å²) in [6.45, 7) is 2.53. The highest BCUT2D eigenvalue weighted by atomic mass is 35.5. The minimum Gasteiger partial charge on any atom is -0.367 e. The van der Waals surface area contributed by atoms with Gasteiger partial charge in [0, 0.05) is 13.0 Å². The molecule has 116 valence electrons. The van der Waals surface area contributed by atoms with E-state index in [0.29, 0.717) is 23.1 Å². The Morgan fingerprint density at radius 1 is 1.14 bits per heavy atom. The van der Waals surface area contributed by atoms with Gasteiger partial charge >= 0.3 is 0 Å². The molecular weight excluding hydrogens is 307 g/mol. The first-order chi connectivity index (χ1) is 10.1. The number of hydrogen-bond donors (Lipinski definition) is 0. The van der Waals surface area contributed by atoms with Gasteiger partial charge in [-0.15, -0.1) is 0 Å². The molecule has 0 saturated heterocycles. The summed E-state index contributed by atoms with van der Waals surface area (Å²) in [5.74, 6) is 0.171. The minimum absolute atomic E-state index is 0.171. The highest BCUT2D eigenvalue weighted by molar-refractivity contribution is 6.42. The van der Waals surface area contributed by atoms with Crippen LogP contribution >= 0.6 is 23.2 Å². The quantitative estimate of drug-likeness (QED) is 0.691. The fourth-order valence-corrected chi connectivity index (χ4v) is 3.40. The lowest BCUT2D eigenvalue weighted by Crippen LogP contribution is -2.42. The van der Waals surface area contributed by atoms with Gasteiger partial charge in [0.25, 0.3) is 0 Å². The summed E-state index contributed by atoms with van der Waals surface area (Å²) in [5, 5.41) is 1.01. The van der Waals surface area contributed by atoms with Gasteiger partial charge in [0.05, 0.1) is 10.0 Å². The van der Waals surface area contributed by atoms with E-state index >= 15 is 0 Å². The van der Waals surface area contributed by atoms with E-state index in [1.54, 1.807) is 12.1 Å². The van der Waals surface area contributed by atoms with Crippen molar-refractivity contribution >= 4 is 29.0 Å². The number of halogens is 2. The number of rotatable bonds is 5. The van der Waals surface area contributed by atoms with Crippen molar-refractivity contribution in [2.45, 2.75) is 57.5 Å². The lowest BCUT2D eigenvalue weighted by Gasteiger charge is -2.31. The lowest BCUT2D eigenvalue weighted by atomic mass is 9.86. The first-order valence-electron chi connectivity index (χ1n) is 7.68. The van der Waals surface area contributed by atoms with Crippen LogP contribution in [0.25, 0.3) is 0 Å². The summed E-state index contributed by atoms with van der Waals surface area (Å²) in [5.41, 5.74) is 0.301. The van der Waals surface area contributed by atoms with Crippen LogP contribution in [0.4, 0.5) is 0 Å². The van der Waals surface area contributed by atoms with Crippen LogP contribution in [0.15, 0.2) is 18.2 Å². The Balaban J connectivity index is 2.15. The summed E-state index contributed by atoms with van der Waals surface area (Å²) in [6.07, 6.45) is 6.53. The lowest BCUT2D eigenvalue weighted by molar-refractivity contribution is -0.145. The maximum absolute atomic E-state index is 12.8. The average molecular weight is 329 g/mol. The molecule has 0 atom stereocenters. The molecule has 0 amide bonds. The van der Waals surface area contributed by atoms with Gasteiger partial charge in [0.2, 0.25) is 0 Å². The second-order valence-electron chi connectivity index (χ2n) is 5.69. The van der Waals surface area contributed by atoms with Gasteiger partial charge in [-0.1, -0.05) is 55.0 Å². The zero-order chi connectivity index (χ0) is 15.3. The van der Waals surface area contributed by atoms with Crippen molar-refractivity contribution in [1.82, 2.24) is 0 Å². The Morgan fingerprint density at radius 2 is 1.81 bits per heavy atom. The molecule has 1 fully saturated rings. The summed E-state index contributed by atoms with van der Waals surface area (Å²) >= 11 is 12.0. The molecule has 1 saturated carbocycles. The normalized spacial score (nSPS) is 18.2. The van der Waals surface area contributed by atoms with E-state index in [0.717, 1.165) is 31.2 Å². The van der Waals surface area contributed by atoms with E-state index in [1.807, 2.05) is 13.0 Å².